The Bertz CT molecular complexity index is 109. The summed E-state index contributed by atoms with van der Waals surface area (Å²) < 4.78 is 0. The van der Waals surface area contributed by atoms with Crippen molar-refractivity contribution >= 4 is 0 Å². The van der Waals surface area contributed by atoms with Crippen molar-refractivity contribution in [3.63, 3.8) is 0 Å². The smallest absolute Gasteiger partial charge is 0.0329 e. The molecular weight excluding hydrogens is 132 g/mol. The molecule has 66 valence electrons. The first-order valence-corrected chi connectivity index (χ1v) is 5.22. The van der Waals surface area contributed by atoms with Gasteiger partial charge >= 0.3 is 0 Å². The third kappa shape index (κ3) is 1.77. The molecule has 0 aromatic rings. The maximum Gasteiger partial charge on any atom is -0.0329 e. The molecule has 0 aliphatic heterocycles. The minimum Gasteiger partial charge on any atom is -0.0654 e. The molecule has 0 spiro atoms. The van der Waals surface area contributed by atoms with Crippen molar-refractivity contribution in [2.75, 3.05) is 0 Å². The van der Waals surface area contributed by atoms with Crippen molar-refractivity contribution in [3.8, 4) is 0 Å². The van der Waals surface area contributed by atoms with Gasteiger partial charge in [0.05, 0.1) is 0 Å². The Balaban J connectivity index is 2.32. The summed E-state index contributed by atoms with van der Waals surface area (Å²) in [5.74, 6) is 4.14. The highest BCUT2D eigenvalue weighted by molar-refractivity contribution is 4.94. The van der Waals surface area contributed by atoms with E-state index >= 15 is 0 Å². The molecule has 3 unspecified atom stereocenters. The third-order valence-corrected chi connectivity index (χ3v) is 3.63. The molecule has 1 saturated carbocycles. The van der Waals surface area contributed by atoms with E-state index in [1.807, 2.05) is 0 Å². The van der Waals surface area contributed by atoms with Crippen LogP contribution in [0, 0.1) is 23.7 Å². The molecule has 1 aliphatic rings. The van der Waals surface area contributed by atoms with E-state index in [1.165, 1.54) is 19.3 Å². The minimum absolute atomic E-state index is 1.02. The fourth-order valence-electron chi connectivity index (χ4n) is 2.60. The zero-order valence-corrected chi connectivity index (χ0v) is 8.43. The number of hydrogen-bond donors (Lipinski definition) is 0. The Morgan fingerprint density at radius 3 is 1.91 bits per heavy atom. The quantitative estimate of drug-likeness (QED) is 0.579. The normalized spacial score (nSPS) is 38.7. The summed E-state index contributed by atoms with van der Waals surface area (Å²) in [6.07, 6.45) is 4.22. The molecule has 0 aromatic carbocycles. The van der Waals surface area contributed by atoms with Gasteiger partial charge in [-0.25, -0.2) is 0 Å². The van der Waals surface area contributed by atoms with Gasteiger partial charge in [0.2, 0.25) is 0 Å². The van der Waals surface area contributed by atoms with Gasteiger partial charge in [0, 0.05) is 0 Å². The third-order valence-electron chi connectivity index (χ3n) is 3.63. The summed E-state index contributed by atoms with van der Waals surface area (Å²) in [4.78, 5) is 0. The standard InChI is InChI=1S/C11H22/c1-5-7-10(6-2)11-8(3)9(11)4/h8-11H,5-7H2,1-4H3. The summed E-state index contributed by atoms with van der Waals surface area (Å²) in [7, 11) is 0. The van der Waals surface area contributed by atoms with E-state index < -0.39 is 0 Å². The van der Waals surface area contributed by atoms with Gasteiger partial charge in [0.1, 0.15) is 0 Å². The largest absolute Gasteiger partial charge is 0.0654 e. The summed E-state index contributed by atoms with van der Waals surface area (Å²) in [6, 6.07) is 0. The van der Waals surface area contributed by atoms with Crippen LogP contribution in [0.4, 0.5) is 0 Å². The Morgan fingerprint density at radius 2 is 1.64 bits per heavy atom. The molecule has 1 fully saturated rings. The molecule has 0 saturated heterocycles. The lowest BCUT2D eigenvalue weighted by Gasteiger charge is -2.12. The minimum atomic E-state index is 1.02. The van der Waals surface area contributed by atoms with Crippen molar-refractivity contribution in [3.05, 3.63) is 0 Å². The van der Waals surface area contributed by atoms with Gasteiger partial charge in [-0.1, -0.05) is 47.0 Å². The SMILES string of the molecule is CCCC(CC)C1C(C)C1C. The molecule has 0 nitrogen and oxygen atoms in total. The van der Waals surface area contributed by atoms with Crippen molar-refractivity contribution in [1.82, 2.24) is 0 Å². The van der Waals surface area contributed by atoms with Gasteiger partial charge < -0.3 is 0 Å². The maximum absolute atomic E-state index is 2.41. The molecule has 0 heterocycles. The second kappa shape index (κ2) is 3.60. The first-order chi connectivity index (χ1) is 5.22. The Morgan fingerprint density at radius 1 is 1.09 bits per heavy atom. The molecule has 0 N–H and O–H groups in total. The topological polar surface area (TPSA) is 0 Å². The van der Waals surface area contributed by atoms with Crippen LogP contribution in [0.2, 0.25) is 0 Å². The zero-order chi connectivity index (χ0) is 8.43. The van der Waals surface area contributed by atoms with Crippen LogP contribution in [0.3, 0.4) is 0 Å². The van der Waals surface area contributed by atoms with Gasteiger partial charge in [-0.3, -0.25) is 0 Å². The maximum atomic E-state index is 2.41. The van der Waals surface area contributed by atoms with Crippen molar-refractivity contribution in [2.45, 2.75) is 47.0 Å². The van der Waals surface area contributed by atoms with Crippen molar-refractivity contribution in [1.29, 1.82) is 0 Å². The van der Waals surface area contributed by atoms with E-state index in [1.54, 1.807) is 0 Å². The van der Waals surface area contributed by atoms with E-state index in [0.29, 0.717) is 0 Å². The van der Waals surface area contributed by atoms with Crippen LogP contribution in [0.15, 0.2) is 0 Å². The Kier molecular flexibility index (Phi) is 2.98. The van der Waals surface area contributed by atoms with Gasteiger partial charge in [-0.15, -0.1) is 0 Å². The molecule has 1 rings (SSSR count). The molecule has 0 radical (unpaired) electrons. The van der Waals surface area contributed by atoms with Crippen LogP contribution in [0.1, 0.15) is 47.0 Å². The van der Waals surface area contributed by atoms with Crippen LogP contribution in [-0.2, 0) is 0 Å². The molecule has 0 amide bonds. The predicted octanol–water partition coefficient (Wildman–Crippen LogP) is 3.71. The monoisotopic (exact) mass is 154 g/mol. The fourth-order valence-corrected chi connectivity index (χ4v) is 2.60. The van der Waals surface area contributed by atoms with E-state index in [0.717, 1.165) is 23.7 Å². The van der Waals surface area contributed by atoms with Gasteiger partial charge in [0.15, 0.2) is 0 Å². The number of hydrogen-bond acceptors (Lipinski definition) is 0. The van der Waals surface area contributed by atoms with Crippen LogP contribution >= 0.6 is 0 Å². The average molecular weight is 154 g/mol. The molecule has 3 atom stereocenters. The molecule has 0 aromatic heterocycles. The second-order valence-corrected chi connectivity index (χ2v) is 4.25. The van der Waals surface area contributed by atoms with Crippen LogP contribution in [0.5, 0.6) is 0 Å². The lowest BCUT2D eigenvalue weighted by atomic mass is 9.93. The van der Waals surface area contributed by atoms with Gasteiger partial charge in [-0.2, -0.15) is 0 Å². The van der Waals surface area contributed by atoms with Gasteiger partial charge in [-0.05, 0) is 23.7 Å². The van der Waals surface area contributed by atoms with Gasteiger partial charge in [0.25, 0.3) is 0 Å². The summed E-state index contributed by atoms with van der Waals surface area (Å²) in [5, 5.41) is 0. The predicted molar refractivity (Wildman–Crippen MR) is 50.5 cm³/mol. The van der Waals surface area contributed by atoms with Crippen molar-refractivity contribution in [2.24, 2.45) is 23.7 Å². The van der Waals surface area contributed by atoms with E-state index in [9.17, 15) is 0 Å². The van der Waals surface area contributed by atoms with Crippen LogP contribution in [-0.4, -0.2) is 0 Å². The van der Waals surface area contributed by atoms with E-state index in [-0.39, 0.29) is 0 Å². The van der Waals surface area contributed by atoms with E-state index in [2.05, 4.69) is 27.7 Å². The van der Waals surface area contributed by atoms with Crippen LogP contribution < -0.4 is 0 Å². The first-order valence-electron chi connectivity index (χ1n) is 5.22. The molecule has 0 bridgehead atoms. The summed E-state index contributed by atoms with van der Waals surface area (Å²) >= 11 is 0. The Labute approximate surface area is 71.4 Å². The molecular formula is C11H22. The first kappa shape index (κ1) is 9.09. The Hall–Kier alpha value is 0. The summed E-state index contributed by atoms with van der Waals surface area (Å²) in [5.41, 5.74) is 0. The lowest BCUT2D eigenvalue weighted by Crippen LogP contribution is -2.02. The lowest BCUT2D eigenvalue weighted by molar-refractivity contribution is 0.383. The molecule has 1 aliphatic carbocycles. The second-order valence-electron chi connectivity index (χ2n) is 4.25. The molecule has 0 heteroatoms. The molecule has 11 heavy (non-hydrogen) atoms. The summed E-state index contributed by atoms with van der Waals surface area (Å²) in [6.45, 7) is 9.47. The highest BCUT2D eigenvalue weighted by Crippen LogP contribution is 2.52. The number of rotatable bonds is 4. The van der Waals surface area contributed by atoms with Crippen molar-refractivity contribution < 1.29 is 0 Å². The van der Waals surface area contributed by atoms with E-state index in [4.69, 9.17) is 0 Å². The van der Waals surface area contributed by atoms with Crippen LogP contribution in [0.25, 0.3) is 0 Å². The fraction of sp³-hybridized carbons (Fsp3) is 1.00. The highest BCUT2D eigenvalue weighted by Gasteiger charge is 2.46. The highest BCUT2D eigenvalue weighted by atomic mass is 14.5. The zero-order valence-electron chi connectivity index (χ0n) is 8.43. The average Bonchev–Trinajstić information content (AvgIpc) is 2.56.